The second kappa shape index (κ2) is 6.24. The van der Waals surface area contributed by atoms with E-state index >= 15 is 0 Å². The number of Topliss-reactive ketones (excluding diaryl/α,β-unsaturated/α-hetero) is 1. The topological polar surface area (TPSA) is 101 Å². The zero-order valence-corrected chi connectivity index (χ0v) is 11.8. The number of aromatic nitrogens is 2. The molecule has 0 unspecified atom stereocenters. The summed E-state index contributed by atoms with van der Waals surface area (Å²) < 4.78 is 6.89. The summed E-state index contributed by atoms with van der Waals surface area (Å²) in [5.74, 6) is -2.35. The molecule has 1 N–H and O–H groups in total. The molecule has 108 valence electrons. The third-order valence-corrected chi connectivity index (χ3v) is 2.92. The first-order valence-corrected chi connectivity index (χ1v) is 6.35. The van der Waals surface area contributed by atoms with Crippen LogP contribution in [0.1, 0.15) is 16.3 Å². The van der Waals surface area contributed by atoms with Gasteiger partial charge in [-0.1, -0.05) is 11.6 Å². The number of hydrogen-bond donors (Lipinski definition) is 1. The number of rotatable bonds is 5. The van der Waals surface area contributed by atoms with Gasteiger partial charge in [0, 0.05) is 13.2 Å². The highest BCUT2D eigenvalue weighted by molar-refractivity contribution is 6.30. The molecule has 2 heterocycles. The van der Waals surface area contributed by atoms with E-state index in [4.69, 9.17) is 21.3 Å². The lowest BCUT2D eigenvalue weighted by Crippen LogP contribution is -2.31. The molecule has 0 aromatic carbocycles. The van der Waals surface area contributed by atoms with Gasteiger partial charge in [-0.3, -0.25) is 14.3 Å². The van der Waals surface area contributed by atoms with Gasteiger partial charge in [0.1, 0.15) is 5.76 Å². The summed E-state index contributed by atoms with van der Waals surface area (Å²) >= 11 is 5.74. The van der Waals surface area contributed by atoms with Gasteiger partial charge in [-0.05, 0) is 12.1 Å². The SMILES string of the molecule is CNC(=O)[C@H](C#N)C(=O)c1ccc(Cn2cc(Cl)cn2)o1. The quantitative estimate of drug-likeness (QED) is 0.661. The minimum atomic E-state index is -1.42. The van der Waals surface area contributed by atoms with Gasteiger partial charge in [0.2, 0.25) is 11.7 Å². The molecular weight excluding hydrogens is 296 g/mol. The average Bonchev–Trinajstić information content (AvgIpc) is 3.09. The van der Waals surface area contributed by atoms with Crippen molar-refractivity contribution < 1.29 is 14.0 Å². The summed E-state index contributed by atoms with van der Waals surface area (Å²) in [6, 6.07) is 4.67. The third-order valence-electron chi connectivity index (χ3n) is 2.72. The van der Waals surface area contributed by atoms with Crippen LogP contribution < -0.4 is 5.32 Å². The van der Waals surface area contributed by atoms with E-state index in [1.54, 1.807) is 18.3 Å². The zero-order valence-electron chi connectivity index (χ0n) is 11.0. The molecule has 2 rings (SSSR count). The number of nitriles is 1. The van der Waals surface area contributed by atoms with Crippen LogP contribution in [0.5, 0.6) is 0 Å². The van der Waals surface area contributed by atoms with Crippen molar-refractivity contribution in [2.24, 2.45) is 5.92 Å². The van der Waals surface area contributed by atoms with Gasteiger partial charge >= 0.3 is 0 Å². The van der Waals surface area contributed by atoms with Crippen molar-refractivity contribution in [3.05, 3.63) is 41.1 Å². The summed E-state index contributed by atoms with van der Waals surface area (Å²) in [4.78, 5) is 23.5. The van der Waals surface area contributed by atoms with E-state index in [2.05, 4.69) is 10.4 Å². The Morgan fingerprint density at radius 2 is 2.33 bits per heavy atom. The molecule has 0 aliphatic rings. The third kappa shape index (κ3) is 3.30. The van der Waals surface area contributed by atoms with Crippen LogP contribution in [0.2, 0.25) is 5.02 Å². The molecular formula is C13H11ClN4O3. The molecule has 8 heteroatoms. The standard InChI is InChI=1S/C13H11ClN4O3/c1-16-13(20)10(4-15)12(19)11-3-2-9(21-11)7-18-6-8(14)5-17-18/h2-3,5-6,10H,7H2,1H3,(H,16,20)/t10-/m1/s1. The van der Waals surface area contributed by atoms with Gasteiger partial charge in [-0.15, -0.1) is 0 Å². The Bertz CT molecular complexity index is 713. The first-order chi connectivity index (χ1) is 10.0. The maximum absolute atomic E-state index is 12.0. The molecule has 1 amide bonds. The van der Waals surface area contributed by atoms with Gasteiger partial charge < -0.3 is 9.73 Å². The van der Waals surface area contributed by atoms with Crippen molar-refractivity contribution in [2.45, 2.75) is 6.54 Å². The highest BCUT2D eigenvalue weighted by atomic mass is 35.5. The van der Waals surface area contributed by atoms with Crippen molar-refractivity contribution in [3.8, 4) is 6.07 Å². The second-order valence-electron chi connectivity index (χ2n) is 4.16. The lowest BCUT2D eigenvalue weighted by atomic mass is 10.0. The second-order valence-corrected chi connectivity index (χ2v) is 4.60. The predicted octanol–water partition coefficient (Wildman–Crippen LogP) is 1.25. The summed E-state index contributed by atoms with van der Waals surface area (Å²) in [6.45, 7) is 0.289. The molecule has 21 heavy (non-hydrogen) atoms. The molecule has 2 aromatic rings. The maximum Gasteiger partial charge on any atom is 0.245 e. The number of halogens is 1. The van der Waals surface area contributed by atoms with Crippen molar-refractivity contribution in [3.63, 3.8) is 0 Å². The van der Waals surface area contributed by atoms with Crippen LogP contribution in [0.4, 0.5) is 0 Å². The van der Waals surface area contributed by atoms with E-state index in [-0.39, 0.29) is 12.3 Å². The fraction of sp³-hybridized carbons (Fsp3) is 0.231. The van der Waals surface area contributed by atoms with Crippen molar-refractivity contribution in [1.82, 2.24) is 15.1 Å². The number of carbonyl (C=O) groups excluding carboxylic acids is 2. The number of nitrogens with zero attached hydrogens (tertiary/aromatic N) is 3. The molecule has 0 aliphatic heterocycles. The van der Waals surface area contributed by atoms with E-state index in [1.807, 2.05) is 0 Å². The minimum Gasteiger partial charge on any atom is -0.456 e. The van der Waals surface area contributed by atoms with E-state index in [1.165, 1.54) is 24.0 Å². The summed E-state index contributed by atoms with van der Waals surface area (Å²) in [7, 11) is 1.36. The number of furan rings is 1. The van der Waals surface area contributed by atoms with Crippen LogP contribution >= 0.6 is 11.6 Å². The average molecular weight is 307 g/mol. The molecule has 0 fully saturated rings. The minimum absolute atomic E-state index is 0.0431. The van der Waals surface area contributed by atoms with E-state index in [0.29, 0.717) is 10.8 Å². The summed E-state index contributed by atoms with van der Waals surface area (Å²) in [5.41, 5.74) is 0. The fourth-order valence-corrected chi connectivity index (χ4v) is 1.86. The van der Waals surface area contributed by atoms with Gasteiger partial charge in [0.15, 0.2) is 11.7 Å². The fourth-order valence-electron chi connectivity index (χ4n) is 1.70. The Labute approximate surface area is 125 Å². The molecule has 0 radical (unpaired) electrons. The highest BCUT2D eigenvalue weighted by Gasteiger charge is 2.29. The Morgan fingerprint density at radius 1 is 1.57 bits per heavy atom. The largest absolute Gasteiger partial charge is 0.456 e. The van der Waals surface area contributed by atoms with Crippen LogP contribution in [-0.2, 0) is 11.3 Å². The number of nitrogens with one attached hydrogen (secondary N) is 1. The smallest absolute Gasteiger partial charge is 0.245 e. The molecule has 1 atom stereocenters. The molecule has 0 saturated heterocycles. The number of ketones is 1. The van der Waals surface area contributed by atoms with Crippen LogP contribution in [0.15, 0.2) is 28.9 Å². The number of hydrogen-bond acceptors (Lipinski definition) is 5. The molecule has 2 aromatic heterocycles. The number of amides is 1. The first kappa shape index (κ1) is 14.8. The highest BCUT2D eigenvalue weighted by Crippen LogP contribution is 2.15. The Kier molecular flexibility index (Phi) is 4.40. The Balaban J connectivity index is 2.14. The van der Waals surface area contributed by atoms with Crippen LogP contribution in [0.25, 0.3) is 0 Å². The van der Waals surface area contributed by atoms with E-state index in [9.17, 15) is 9.59 Å². The van der Waals surface area contributed by atoms with Crippen LogP contribution in [0, 0.1) is 17.2 Å². The van der Waals surface area contributed by atoms with Gasteiger partial charge in [-0.25, -0.2) is 0 Å². The van der Waals surface area contributed by atoms with Crippen molar-refractivity contribution >= 4 is 23.3 Å². The van der Waals surface area contributed by atoms with Crippen LogP contribution in [-0.4, -0.2) is 28.5 Å². The summed E-state index contributed by atoms with van der Waals surface area (Å²) in [6.07, 6.45) is 3.09. The monoisotopic (exact) mass is 306 g/mol. The summed E-state index contributed by atoms with van der Waals surface area (Å²) in [5, 5.41) is 15.6. The van der Waals surface area contributed by atoms with Crippen molar-refractivity contribution in [1.29, 1.82) is 5.26 Å². The number of carbonyl (C=O) groups is 2. The lowest BCUT2D eigenvalue weighted by Gasteiger charge is -2.04. The van der Waals surface area contributed by atoms with Gasteiger partial charge in [0.25, 0.3) is 0 Å². The molecule has 0 saturated carbocycles. The Morgan fingerprint density at radius 3 is 2.90 bits per heavy atom. The maximum atomic E-state index is 12.0. The molecule has 0 bridgehead atoms. The predicted molar refractivity (Wildman–Crippen MR) is 72.5 cm³/mol. The Hall–Kier alpha value is -2.59. The lowest BCUT2D eigenvalue weighted by molar-refractivity contribution is -0.121. The first-order valence-electron chi connectivity index (χ1n) is 5.97. The van der Waals surface area contributed by atoms with E-state index < -0.39 is 17.6 Å². The van der Waals surface area contributed by atoms with Gasteiger partial charge in [-0.2, -0.15) is 10.4 Å². The molecule has 7 nitrogen and oxygen atoms in total. The van der Waals surface area contributed by atoms with E-state index in [0.717, 1.165) is 0 Å². The normalized spacial score (nSPS) is 11.7. The van der Waals surface area contributed by atoms with Gasteiger partial charge in [0.05, 0.1) is 23.8 Å². The molecule has 0 aliphatic carbocycles. The zero-order chi connectivity index (χ0) is 15.4. The molecule has 0 spiro atoms. The van der Waals surface area contributed by atoms with Crippen LogP contribution in [0.3, 0.4) is 0 Å². The van der Waals surface area contributed by atoms with Crippen molar-refractivity contribution in [2.75, 3.05) is 7.05 Å².